The molecule has 28 heavy (non-hydrogen) atoms. The van der Waals surface area contributed by atoms with Gasteiger partial charge in [0.2, 0.25) is 0 Å². The number of carbonyl (C=O) groups is 1. The Morgan fingerprint density at radius 3 is 2.32 bits per heavy atom. The maximum atomic E-state index is 13.0. The lowest BCUT2D eigenvalue weighted by atomic mass is 9.94. The summed E-state index contributed by atoms with van der Waals surface area (Å²) in [5, 5.41) is 1.37. The topological polar surface area (TPSA) is 49.9 Å². The first-order chi connectivity index (χ1) is 13.6. The summed E-state index contributed by atoms with van der Waals surface area (Å²) in [6.07, 6.45) is 3.03. The smallest absolute Gasteiger partial charge is 0.260 e. The van der Waals surface area contributed by atoms with Crippen LogP contribution in [0.1, 0.15) is 15.9 Å². The first-order valence-electron chi connectivity index (χ1n) is 8.82. The molecule has 3 aromatic carbocycles. The van der Waals surface area contributed by atoms with Crippen LogP contribution in [0.25, 0.3) is 28.1 Å². The number of benzene rings is 3. The molecule has 1 heterocycles. The standard InChI is InChI=1S/C24H16ClNO2/c25-19-12-6-4-8-16(19)14-15-21(27)23-22(17-9-2-1-3-10-17)18-11-5-7-13-20(18)26-24(23)28/h1-15H,(H,26,28)/b15-14+. The molecule has 0 atom stereocenters. The highest BCUT2D eigenvalue weighted by atomic mass is 35.5. The lowest BCUT2D eigenvalue weighted by Crippen LogP contribution is -2.18. The number of allylic oxidation sites excluding steroid dienone is 1. The summed E-state index contributed by atoms with van der Waals surface area (Å²) in [4.78, 5) is 28.7. The van der Waals surface area contributed by atoms with Gasteiger partial charge >= 0.3 is 0 Å². The summed E-state index contributed by atoms with van der Waals surface area (Å²) in [7, 11) is 0. The van der Waals surface area contributed by atoms with E-state index in [1.54, 1.807) is 12.1 Å². The van der Waals surface area contributed by atoms with Crippen molar-refractivity contribution in [2.24, 2.45) is 0 Å². The van der Waals surface area contributed by atoms with Crippen LogP contribution in [0.3, 0.4) is 0 Å². The number of halogens is 1. The number of para-hydroxylation sites is 1. The third-order valence-electron chi connectivity index (χ3n) is 4.55. The number of rotatable bonds is 4. The van der Waals surface area contributed by atoms with E-state index in [4.69, 9.17) is 11.6 Å². The molecule has 0 bridgehead atoms. The van der Waals surface area contributed by atoms with Crippen molar-refractivity contribution in [2.45, 2.75) is 0 Å². The van der Waals surface area contributed by atoms with E-state index in [0.717, 1.165) is 16.5 Å². The average molecular weight is 386 g/mol. The van der Waals surface area contributed by atoms with Gasteiger partial charge in [0.1, 0.15) is 0 Å². The number of nitrogens with one attached hydrogen (secondary N) is 1. The molecule has 0 aliphatic rings. The molecule has 1 aromatic heterocycles. The van der Waals surface area contributed by atoms with Gasteiger partial charge in [-0.3, -0.25) is 9.59 Å². The minimum Gasteiger partial charge on any atom is -0.321 e. The number of pyridine rings is 1. The Labute approximate surface area is 166 Å². The van der Waals surface area contributed by atoms with E-state index in [1.165, 1.54) is 6.08 Å². The Bertz CT molecular complexity index is 1260. The SMILES string of the molecule is O=C(/C=C/c1ccccc1Cl)c1c(-c2ccccc2)c2ccccc2[nH]c1=O. The monoisotopic (exact) mass is 385 g/mol. The van der Waals surface area contributed by atoms with Crippen LogP contribution in [0.4, 0.5) is 0 Å². The van der Waals surface area contributed by atoms with Crippen LogP contribution >= 0.6 is 11.6 Å². The van der Waals surface area contributed by atoms with Crippen molar-refractivity contribution >= 4 is 34.4 Å². The average Bonchev–Trinajstić information content (AvgIpc) is 2.72. The first-order valence-corrected chi connectivity index (χ1v) is 9.20. The molecule has 0 aliphatic carbocycles. The number of fused-ring (bicyclic) bond motifs is 1. The maximum Gasteiger partial charge on any atom is 0.260 e. The molecule has 0 spiro atoms. The molecule has 0 unspecified atom stereocenters. The highest BCUT2D eigenvalue weighted by Crippen LogP contribution is 2.30. The minimum absolute atomic E-state index is 0.119. The minimum atomic E-state index is -0.411. The van der Waals surface area contributed by atoms with Crippen molar-refractivity contribution in [3.05, 3.63) is 111 Å². The molecule has 1 N–H and O–H groups in total. The molecule has 4 heteroatoms. The molecule has 0 amide bonds. The van der Waals surface area contributed by atoms with Crippen LogP contribution in [0, 0.1) is 0 Å². The zero-order valence-electron chi connectivity index (χ0n) is 14.9. The molecule has 0 fully saturated rings. The van der Waals surface area contributed by atoms with Crippen LogP contribution in [0.15, 0.2) is 89.7 Å². The number of aromatic nitrogens is 1. The maximum absolute atomic E-state index is 13.0. The predicted octanol–water partition coefficient (Wildman–Crippen LogP) is 5.74. The number of carbonyl (C=O) groups excluding carboxylic acids is 1. The molecule has 136 valence electrons. The number of ketones is 1. The Balaban J connectivity index is 1.91. The second-order valence-electron chi connectivity index (χ2n) is 6.33. The molecular weight excluding hydrogens is 370 g/mol. The summed E-state index contributed by atoms with van der Waals surface area (Å²) in [5.41, 5.74) is 2.57. The number of aromatic amines is 1. The van der Waals surface area contributed by atoms with Gasteiger partial charge in [0.25, 0.3) is 5.56 Å². The van der Waals surface area contributed by atoms with Gasteiger partial charge in [-0.15, -0.1) is 0 Å². The molecule has 4 rings (SSSR count). The Kier molecular flexibility index (Phi) is 4.92. The lowest BCUT2D eigenvalue weighted by Gasteiger charge is -2.11. The summed E-state index contributed by atoms with van der Waals surface area (Å²) >= 11 is 6.16. The van der Waals surface area contributed by atoms with Crippen LogP contribution in [0.5, 0.6) is 0 Å². The van der Waals surface area contributed by atoms with E-state index in [0.29, 0.717) is 16.1 Å². The van der Waals surface area contributed by atoms with Crippen LogP contribution < -0.4 is 5.56 Å². The fourth-order valence-electron chi connectivity index (χ4n) is 3.24. The second-order valence-corrected chi connectivity index (χ2v) is 6.74. The van der Waals surface area contributed by atoms with Crippen molar-refractivity contribution < 1.29 is 4.79 Å². The molecule has 0 saturated heterocycles. The predicted molar refractivity (Wildman–Crippen MR) is 115 cm³/mol. The summed E-state index contributed by atoms with van der Waals surface area (Å²) in [6, 6.07) is 24.2. The summed E-state index contributed by atoms with van der Waals surface area (Å²) < 4.78 is 0. The third-order valence-corrected chi connectivity index (χ3v) is 4.89. The van der Waals surface area contributed by atoms with Gasteiger partial charge in [-0.2, -0.15) is 0 Å². The summed E-state index contributed by atoms with van der Waals surface area (Å²) in [5.74, 6) is -0.370. The van der Waals surface area contributed by atoms with Crippen molar-refractivity contribution in [3.63, 3.8) is 0 Å². The summed E-state index contributed by atoms with van der Waals surface area (Å²) in [6.45, 7) is 0. The number of H-pyrrole nitrogens is 1. The Morgan fingerprint density at radius 1 is 0.857 bits per heavy atom. The second kappa shape index (κ2) is 7.67. The van der Waals surface area contributed by atoms with E-state index in [-0.39, 0.29) is 11.3 Å². The van der Waals surface area contributed by atoms with E-state index in [1.807, 2.05) is 72.8 Å². The highest BCUT2D eigenvalue weighted by Gasteiger charge is 2.18. The van der Waals surface area contributed by atoms with E-state index >= 15 is 0 Å². The molecule has 3 nitrogen and oxygen atoms in total. The molecule has 0 aliphatic heterocycles. The van der Waals surface area contributed by atoms with Gasteiger partial charge in [0, 0.05) is 21.5 Å². The van der Waals surface area contributed by atoms with Gasteiger partial charge in [-0.25, -0.2) is 0 Å². The highest BCUT2D eigenvalue weighted by molar-refractivity contribution is 6.32. The van der Waals surface area contributed by atoms with Crippen molar-refractivity contribution in [1.82, 2.24) is 4.98 Å². The van der Waals surface area contributed by atoms with Gasteiger partial charge in [0.15, 0.2) is 5.78 Å². The third kappa shape index (κ3) is 3.40. The fraction of sp³-hybridized carbons (Fsp3) is 0. The zero-order valence-corrected chi connectivity index (χ0v) is 15.6. The molecular formula is C24H16ClNO2. The van der Waals surface area contributed by atoms with Gasteiger partial charge in [0.05, 0.1) is 5.56 Å². The van der Waals surface area contributed by atoms with Gasteiger partial charge in [-0.05, 0) is 35.4 Å². The molecule has 0 radical (unpaired) electrons. The van der Waals surface area contributed by atoms with E-state index in [2.05, 4.69) is 4.98 Å². The Morgan fingerprint density at radius 2 is 1.54 bits per heavy atom. The van der Waals surface area contributed by atoms with Crippen molar-refractivity contribution in [1.29, 1.82) is 0 Å². The van der Waals surface area contributed by atoms with Crippen LogP contribution in [0.2, 0.25) is 5.02 Å². The molecule has 4 aromatic rings. The number of hydrogen-bond acceptors (Lipinski definition) is 2. The largest absolute Gasteiger partial charge is 0.321 e. The van der Waals surface area contributed by atoms with E-state index < -0.39 is 5.56 Å². The van der Waals surface area contributed by atoms with Crippen molar-refractivity contribution in [2.75, 3.05) is 0 Å². The quantitative estimate of drug-likeness (QED) is 0.359. The van der Waals surface area contributed by atoms with Crippen molar-refractivity contribution in [3.8, 4) is 11.1 Å². The first kappa shape index (κ1) is 18.0. The zero-order chi connectivity index (χ0) is 19.5. The van der Waals surface area contributed by atoms with Crippen LogP contribution in [-0.4, -0.2) is 10.8 Å². The lowest BCUT2D eigenvalue weighted by molar-refractivity contribution is 0.104. The van der Waals surface area contributed by atoms with Gasteiger partial charge in [-0.1, -0.05) is 78.3 Å². The van der Waals surface area contributed by atoms with Gasteiger partial charge < -0.3 is 4.98 Å². The fourth-order valence-corrected chi connectivity index (χ4v) is 3.44. The molecule has 0 saturated carbocycles. The van der Waals surface area contributed by atoms with Crippen LogP contribution in [-0.2, 0) is 0 Å². The van der Waals surface area contributed by atoms with E-state index in [9.17, 15) is 9.59 Å². The Hall–Kier alpha value is -3.43. The number of hydrogen-bond donors (Lipinski definition) is 1. The normalized spacial score (nSPS) is 11.2.